The van der Waals surface area contributed by atoms with Crippen molar-refractivity contribution < 1.29 is 10.0 Å². The van der Waals surface area contributed by atoms with Gasteiger partial charge in [0.15, 0.2) is 5.96 Å². The van der Waals surface area contributed by atoms with Gasteiger partial charge in [-0.2, -0.15) is 11.8 Å². The van der Waals surface area contributed by atoms with Gasteiger partial charge in [-0.3, -0.25) is 10.1 Å². The highest BCUT2D eigenvalue weighted by Gasteiger charge is 2.20. The van der Waals surface area contributed by atoms with Crippen LogP contribution in [0.15, 0.2) is 29.3 Å². The standard InChI is InChI=1S/C18H28N4O3S/c1-26-12-2-11-19-18(21-15-5-9-17(23)10-6-15)20-13-14-3-7-16(8-4-14)22(24)25/h3-4,7-8,15,17,23H,2,5-6,9-13H2,1H3,(H2,19,20,21). The molecule has 3 N–H and O–H groups in total. The van der Waals surface area contributed by atoms with Gasteiger partial charge in [-0.1, -0.05) is 12.1 Å². The second-order valence-corrected chi connectivity index (χ2v) is 7.50. The highest BCUT2D eigenvalue weighted by atomic mass is 32.2. The first kappa shape index (κ1) is 20.5. The minimum absolute atomic E-state index is 0.0898. The lowest BCUT2D eigenvalue weighted by molar-refractivity contribution is -0.384. The van der Waals surface area contributed by atoms with Crippen molar-refractivity contribution in [3.05, 3.63) is 39.9 Å². The predicted molar refractivity (Wildman–Crippen MR) is 107 cm³/mol. The summed E-state index contributed by atoms with van der Waals surface area (Å²) in [6.45, 7) is 1.31. The van der Waals surface area contributed by atoms with Crippen LogP contribution in [0.4, 0.5) is 5.69 Å². The van der Waals surface area contributed by atoms with E-state index >= 15 is 0 Å². The van der Waals surface area contributed by atoms with Gasteiger partial charge >= 0.3 is 0 Å². The van der Waals surface area contributed by atoms with Crippen LogP contribution in [0.3, 0.4) is 0 Å². The van der Waals surface area contributed by atoms with Crippen molar-refractivity contribution in [1.82, 2.24) is 10.6 Å². The Morgan fingerprint density at radius 3 is 2.62 bits per heavy atom. The van der Waals surface area contributed by atoms with E-state index in [1.807, 2.05) is 11.8 Å². The summed E-state index contributed by atoms with van der Waals surface area (Å²) in [7, 11) is 0. The molecule has 1 aliphatic carbocycles. The highest BCUT2D eigenvalue weighted by molar-refractivity contribution is 7.98. The zero-order valence-corrected chi connectivity index (χ0v) is 16.0. The quantitative estimate of drug-likeness (QED) is 0.211. The van der Waals surface area contributed by atoms with Crippen LogP contribution >= 0.6 is 11.8 Å². The number of benzene rings is 1. The number of hydrogen-bond acceptors (Lipinski definition) is 5. The van der Waals surface area contributed by atoms with E-state index in [0.29, 0.717) is 12.6 Å². The van der Waals surface area contributed by atoms with Gasteiger partial charge in [-0.15, -0.1) is 0 Å². The first-order valence-electron chi connectivity index (χ1n) is 9.03. The SMILES string of the molecule is CSCCCNC(=NCc1ccc([N+](=O)[O-])cc1)NC1CCC(O)CC1. The molecular weight excluding hydrogens is 352 g/mol. The van der Waals surface area contributed by atoms with Crippen molar-refractivity contribution >= 4 is 23.4 Å². The molecule has 0 aliphatic heterocycles. The van der Waals surface area contributed by atoms with Gasteiger partial charge in [0.1, 0.15) is 0 Å². The van der Waals surface area contributed by atoms with Crippen LogP contribution in [0.1, 0.15) is 37.7 Å². The molecule has 8 heteroatoms. The molecule has 0 heterocycles. The van der Waals surface area contributed by atoms with Crippen LogP contribution in [-0.2, 0) is 6.54 Å². The third-order valence-electron chi connectivity index (χ3n) is 4.42. The molecule has 0 atom stereocenters. The fourth-order valence-electron chi connectivity index (χ4n) is 2.88. The Bertz CT molecular complexity index is 587. The van der Waals surface area contributed by atoms with Crippen LogP contribution in [0.5, 0.6) is 0 Å². The number of thioether (sulfide) groups is 1. The molecule has 0 aromatic heterocycles. The number of rotatable bonds is 8. The van der Waals surface area contributed by atoms with Crippen LogP contribution in [0.2, 0.25) is 0 Å². The number of guanidine groups is 1. The lowest BCUT2D eigenvalue weighted by atomic mass is 9.93. The van der Waals surface area contributed by atoms with Gasteiger partial charge in [-0.05, 0) is 49.7 Å². The molecule has 1 fully saturated rings. The topological polar surface area (TPSA) is 99.8 Å². The predicted octanol–water partition coefficient (Wildman–Crippen LogP) is 2.69. The third kappa shape index (κ3) is 7.21. The van der Waals surface area contributed by atoms with Crippen molar-refractivity contribution in [1.29, 1.82) is 0 Å². The van der Waals surface area contributed by atoms with Crippen LogP contribution in [-0.4, -0.2) is 46.7 Å². The number of aliphatic hydroxyl groups excluding tert-OH is 1. The van der Waals surface area contributed by atoms with E-state index in [1.54, 1.807) is 12.1 Å². The third-order valence-corrected chi connectivity index (χ3v) is 5.12. The Morgan fingerprint density at radius 2 is 2.00 bits per heavy atom. The molecule has 0 radical (unpaired) electrons. The number of non-ortho nitro benzene ring substituents is 1. The number of nitrogens with zero attached hydrogens (tertiary/aromatic N) is 2. The van der Waals surface area contributed by atoms with E-state index < -0.39 is 4.92 Å². The molecule has 0 spiro atoms. The second-order valence-electron chi connectivity index (χ2n) is 6.51. The normalized spacial score (nSPS) is 20.6. The number of hydrogen-bond donors (Lipinski definition) is 3. The molecule has 26 heavy (non-hydrogen) atoms. The first-order chi connectivity index (χ1) is 12.6. The van der Waals surface area contributed by atoms with Crippen LogP contribution in [0, 0.1) is 10.1 Å². The maximum absolute atomic E-state index is 10.7. The summed E-state index contributed by atoms with van der Waals surface area (Å²) in [6.07, 6.45) is 6.48. The Balaban J connectivity index is 1.94. The molecule has 0 bridgehead atoms. The Morgan fingerprint density at radius 1 is 1.31 bits per heavy atom. The fourth-order valence-corrected chi connectivity index (χ4v) is 3.32. The minimum atomic E-state index is -0.398. The van der Waals surface area contributed by atoms with Gasteiger partial charge in [0.25, 0.3) is 5.69 Å². The average molecular weight is 381 g/mol. The summed E-state index contributed by atoms with van der Waals surface area (Å²) >= 11 is 1.82. The molecule has 144 valence electrons. The largest absolute Gasteiger partial charge is 0.393 e. The molecular formula is C18H28N4O3S. The summed E-state index contributed by atoms with van der Waals surface area (Å²) in [5.41, 5.74) is 1.02. The zero-order valence-electron chi connectivity index (χ0n) is 15.2. The summed E-state index contributed by atoms with van der Waals surface area (Å²) < 4.78 is 0. The van der Waals surface area contributed by atoms with Crippen LogP contribution < -0.4 is 10.6 Å². The number of aliphatic imine (C=N–C) groups is 1. The maximum atomic E-state index is 10.7. The molecule has 1 saturated carbocycles. The first-order valence-corrected chi connectivity index (χ1v) is 10.4. The molecule has 1 aromatic carbocycles. The number of nitro groups is 1. The Kier molecular flexibility index (Phi) is 8.70. The molecule has 2 rings (SSSR count). The fraction of sp³-hybridized carbons (Fsp3) is 0.611. The summed E-state index contributed by atoms with van der Waals surface area (Å²) in [5, 5.41) is 27.2. The minimum Gasteiger partial charge on any atom is -0.393 e. The van der Waals surface area contributed by atoms with Gasteiger partial charge in [0.2, 0.25) is 0 Å². The van der Waals surface area contributed by atoms with E-state index in [-0.39, 0.29) is 11.8 Å². The maximum Gasteiger partial charge on any atom is 0.269 e. The Hall–Kier alpha value is -1.80. The van der Waals surface area contributed by atoms with Gasteiger partial charge < -0.3 is 15.7 Å². The van der Waals surface area contributed by atoms with Gasteiger partial charge in [0, 0.05) is 24.7 Å². The summed E-state index contributed by atoms with van der Waals surface area (Å²) in [5.74, 6) is 1.86. The Labute approximate surface area is 158 Å². The summed E-state index contributed by atoms with van der Waals surface area (Å²) in [6, 6.07) is 6.81. The van der Waals surface area contributed by atoms with Crippen molar-refractivity contribution in [2.45, 2.75) is 50.8 Å². The molecule has 1 aromatic rings. The van der Waals surface area contributed by atoms with Crippen LogP contribution in [0.25, 0.3) is 0 Å². The number of nitro benzene ring substituents is 1. The van der Waals surface area contributed by atoms with Gasteiger partial charge in [0.05, 0.1) is 17.6 Å². The lowest BCUT2D eigenvalue weighted by Crippen LogP contribution is -2.45. The molecule has 0 saturated heterocycles. The van der Waals surface area contributed by atoms with Crippen molar-refractivity contribution in [2.75, 3.05) is 18.6 Å². The van der Waals surface area contributed by atoms with Gasteiger partial charge in [-0.25, -0.2) is 4.99 Å². The number of aliphatic hydroxyl groups is 1. The smallest absolute Gasteiger partial charge is 0.269 e. The summed E-state index contributed by atoms with van der Waals surface area (Å²) in [4.78, 5) is 15.0. The highest BCUT2D eigenvalue weighted by Crippen LogP contribution is 2.18. The molecule has 0 amide bonds. The average Bonchev–Trinajstić information content (AvgIpc) is 2.65. The monoisotopic (exact) mass is 380 g/mol. The molecule has 1 aliphatic rings. The number of nitrogens with one attached hydrogen (secondary N) is 2. The second kappa shape index (κ2) is 11.0. The lowest BCUT2D eigenvalue weighted by Gasteiger charge is -2.27. The van der Waals surface area contributed by atoms with E-state index in [4.69, 9.17) is 0 Å². The van der Waals surface area contributed by atoms with E-state index in [1.165, 1.54) is 12.1 Å². The van der Waals surface area contributed by atoms with Crippen molar-refractivity contribution in [2.24, 2.45) is 4.99 Å². The van der Waals surface area contributed by atoms with E-state index in [9.17, 15) is 15.2 Å². The molecule has 0 unspecified atom stereocenters. The van der Waals surface area contributed by atoms with Crippen molar-refractivity contribution in [3.8, 4) is 0 Å². The molecule has 7 nitrogen and oxygen atoms in total. The zero-order chi connectivity index (χ0) is 18.8. The van der Waals surface area contributed by atoms with Crippen molar-refractivity contribution in [3.63, 3.8) is 0 Å². The van der Waals surface area contributed by atoms with E-state index in [0.717, 1.165) is 55.9 Å². The van der Waals surface area contributed by atoms with E-state index in [2.05, 4.69) is 21.9 Å².